The lowest BCUT2D eigenvalue weighted by molar-refractivity contribution is 0.0696. The molecule has 7 nitrogen and oxygen atoms in total. The summed E-state index contributed by atoms with van der Waals surface area (Å²) < 4.78 is 1.70. The molecule has 0 radical (unpaired) electrons. The van der Waals surface area contributed by atoms with Crippen LogP contribution in [0, 0.1) is 0 Å². The summed E-state index contributed by atoms with van der Waals surface area (Å²) in [4.78, 5) is 28.7. The number of imidazole rings is 1. The van der Waals surface area contributed by atoms with Crippen LogP contribution >= 0.6 is 0 Å². The van der Waals surface area contributed by atoms with Crippen LogP contribution in [-0.4, -0.2) is 36.8 Å². The number of aromatic nitrogens is 2. The van der Waals surface area contributed by atoms with Crippen molar-refractivity contribution in [3.8, 4) is 45.3 Å². The summed E-state index contributed by atoms with van der Waals surface area (Å²) in [5.41, 5.74) is 3.15. The first kappa shape index (κ1) is 22.6. The minimum Gasteiger partial charge on any atom is -0.507 e. The second kappa shape index (κ2) is 9.23. The number of aromatic hydroxyl groups is 1. The van der Waals surface area contributed by atoms with Gasteiger partial charge in [0.15, 0.2) is 0 Å². The van der Waals surface area contributed by atoms with E-state index in [1.165, 1.54) is 18.2 Å². The van der Waals surface area contributed by atoms with E-state index in [2.05, 4.69) is 0 Å². The molecule has 7 heteroatoms. The van der Waals surface area contributed by atoms with Crippen LogP contribution in [0.4, 0.5) is 0 Å². The quantitative estimate of drug-likeness (QED) is 0.278. The van der Waals surface area contributed by atoms with Gasteiger partial charge in [-0.05, 0) is 30.3 Å². The molecule has 0 bridgehead atoms. The van der Waals surface area contributed by atoms with E-state index in [1.54, 1.807) is 22.8 Å². The van der Waals surface area contributed by atoms with Gasteiger partial charge in [0.1, 0.15) is 11.6 Å². The Labute approximate surface area is 206 Å². The largest absolute Gasteiger partial charge is 0.507 e. The zero-order valence-corrected chi connectivity index (χ0v) is 18.9. The first-order chi connectivity index (χ1) is 17.4. The maximum atomic E-state index is 11.9. The van der Waals surface area contributed by atoms with Crippen LogP contribution < -0.4 is 0 Å². The summed E-state index contributed by atoms with van der Waals surface area (Å²) in [6.45, 7) is 0. The van der Waals surface area contributed by atoms with Crippen LogP contribution in [0.25, 0.3) is 39.6 Å². The molecule has 0 amide bonds. The van der Waals surface area contributed by atoms with E-state index in [0.29, 0.717) is 28.5 Å². The fraction of sp³-hybridized carbons (Fsp3) is 0. The van der Waals surface area contributed by atoms with E-state index < -0.39 is 11.9 Å². The van der Waals surface area contributed by atoms with Crippen molar-refractivity contribution in [3.63, 3.8) is 0 Å². The molecule has 5 aromatic rings. The molecule has 0 unspecified atom stereocenters. The van der Waals surface area contributed by atoms with E-state index in [9.17, 15) is 24.9 Å². The summed E-state index contributed by atoms with van der Waals surface area (Å²) in [5, 5.41) is 30.1. The second-order valence-corrected chi connectivity index (χ2v) is 8.10. The summed E-state index contributed by atoms with van der Waals surface area (Å²) in [6, 6.07) is 29.5. The van der Waals surface area contributed by atoms with E-state index in [1.807, 2.05) is 60.7 Å². The summed E-state index contributed by atoms with van der Waals surface area (Å²) >= 11 is 0. The number of hydrogen-bond acceptors (Lipinski definition) is 4. The number of hydrogen-bond donors (Lipinski definition) is 3. The summed E-state index contributed by atoms with van der Waals surface area (Å²) in [6.07, 6.45) is 0. The van der Waals surface area contributed by atoms with Crippen LogP contribution in [0.3, 0.4) is 0 Å². The van der Waals surface area contributed by atoms with Gasteiger partial charge in [-0.3, -0.25) is 4.57 Å². The fourth-order valence-electron chi connectivity index (χ4n) is 4.16. The number of carbonyl (C=O) groups is 2. The number of carboxylic acids is 2. The minimum atomic E-state index is -1.26. The topological polar surface area (TPSA) is 113 Å². The molecule has 1 heterocycles. The van der Waals surface area contributed by atoms with E-state index in [-0.39, 0.29) is 16.9 Å². The third-order valence-electron chi connectivity index (χ3n) is 5.79. The fourth-order valence-corrected chi connectivity index (χ4v) is 4.16. The van der Waals surface area contributed by atoms with Crippen molar-refractivity contribution in [2.24, 2.45) is 0 Å². The van der Waals surface area contributed by atoms with Gasteiger partial charge in [-0.15, -0.1) is 0 Å². The Kier molecular flexibility index (Phi) is 5.80. The number of phenolic OH excluding ortho intramolecular Hbond substituents is 1. The van der Waals surface area contributed by atoms with Gasteiger partial charge in [-0.2, -0.15) is 0 Å². The van der Waals surface area contributed by atoms with Crippen LogP contribution in [-0.2, 0) is 0 Å². The number of nitrogens with zero attached hydrogens (tertiary/aromatic N) is 2. The smallest absolute Gasteiger partial charge is 0.335 e. The summed E-state index contributed by atoms with van der Waals surface area (Å²) in [7, 11) is 0. The van der Waals surface area contributed by atoms with Gasteiger partial charge in [0.05, 0.1) is 28.1 Å². The van der Waals surface area contributed by atoms with Gasteiger partial charge >= 0.3 is 11.9 Å². The van der Waals surface area contributed by atoms with Crippen molar-refractivity contribution in [3.05, 3.63) is 114 Å². The Morgan fingerprint density at radius 1 is 0.667 bits per heavy atom. The first-order valence-corrected chi connectivity index (χ1v) is 11.1. The molecule has 0 aliphatic carbocycles. The third-order valence-corrected chi connectivity index (χ3v) is 5.79. The Balaban J connectivity index is 1.95. The number of rotatable bonds is 6. The van der Waals surface area contributed by atoms with Crippen LogP contribution in [0.15, 0.2) is 103 Å². The molecule has 0 spiro atoms. The highest BCUT2D eigenvalue weighted by Gasteiger charge is 2.25. The molecule has 0 aliphatic rings. The van der Waals surface area contributed by atoms with Gasteiger partial charge in [0.2, 0.25) is 0 Å². The Bertz CT molecular complexity index is 1560. The van der Waals surface area contributed by atoms with E-state index >= 15 is 0 Å². The number of para-hydroxylation sites is 1. The predicted octanol–water partition coefficient (Wildman–Crippen LogP) is 5.98. The van der Waals surface area contributed by atoms with Crippen molar-refractivity contribution in [1.82, 2.24) is 9.55 Å². The van der Waals surface area contributed by atoms with Gasteiger partial charge in [-0.1, -0.05) is 72.8 Å². The standard InChI is InChI=1S/C29H20N2O5/c32-24-14-8-7-13-23(24)27-30-25(18-9-3-1-4-10-18)26(19-11-5-2-6-12-19)31(27)22-16-20(28(33)34)15-21(17-22)29(35)36/h1-17,32H,(H,33,34)(H,35,36). The molecule has 0 fully saturated rings. The van der Waals surface area contributed by atoms with Crippen LogP contribution in [0.5, 0.6) is 5.75 Å². The number of benzene rings is 4. The Morgan fingerprint density at radius 3 is 1.75 bits per heavy atom. The highest BCUT2D eigenvalue weighted by molar-refractivity contribution is 5.95. The molecule has 0 saturated heterocycles. The molecule has 0 aliphatic heterocycles. The van der Waals surface area contributed by atoms with Crippen molar-refractivity contribution in [1.29, 1.82) is 0 Å². The molecular weight excluding hydrogens is 456 g/mol. The maximum absolute atomic E-state index is 11.9. The molecule has 5 rings (SSSR count). The lowest BCUT2D eigenvalue weighted by Crippen LogP contribution is -2.07. The van der Waals surface area contributed by atoms with E-state index in [0.717, 1.165) is 17.2 Å². The Hall–Kier alpha value is -5.17. The SMILES string of the molecule is O=C(O)c1cc(C(=O)O)cc(-n2c(-c3ccccc3O)nc(-c3ccccc3)c2-c2ccccc2)c1. The summed E-state index contributed by atoms with van der Waals surface area (Å²) in [5.74, 6) is -2.19. The third kappa shape index (κ3) is 4.10. The zero-order valence-electron chi connectivity index (χ0n) is 18.9. The molecule has 36 heavy (non-hydrogen) atoms. The number of phenols is 1. The lowest BCUT2D eigenvalue weighted by atomic mass is 10.0. The molecule has 3 N–H and O–H groups in total. The second-order valence-electron chi connectivity index (χ2n) is 8.10. The minimum absolute atomic E-state index is 0.0178. The van der Waals surface area contributed by atoms with Crippen molar-refractivity contribution < 1.29 is 24.9 Å². The number of aromatic carboxylic acids is 2. The monoisotopic (exact) mass is 476 g/mol. The highest BCUT2D eigenvalue weighted by atomic mass is 16.4. The molecule has 4 aromatic carbocycles. The van der Waals surface area contributed by atoms with Gasteiger partial charge in [0, 0.05) is 16.8 Å². The van der Waals surface area contributed by atoms with Gasteiger partial charge in [-0.25, -0.2) is 14.6 Å². The van der Waals surface area contributed by atoms with Crippen LogP contribution in [0.2, 0.25) is 0 Å². The molecule has 176 valence electrons. The normalized spacial score (nSPS) is 10.8. The zero-order chi connectivity index (χ0) is 25.2. The molecule has 0 atom stereocenters. The maximum Gasteiger partial charge on any atom is 0.335 e. The number of carboxylic acid groups (broad SMARTS) is 2. The van der Waals surface area contributed by atoms with Crippen LogP contribution in [0.1, 0.15) is 20.7 Å². The Morgan fingerprint density at radius 2 is 1.19 bits per heavy atom. The highest BCUT2D eigenvalue weighted by Crippen LogP contribution is 2.40. The van der Waals surface area contributed by atoms with Gasteiger partial charge in [0.25, 0.3) is 0 Å². The molecular formula is C29H20N2O5. The lowest BCUT2D eigenvalue weighted by Gasteiger charge is -2.15. The molecule has 0 saturated carbocycles. The van der Waals surface area contributed by atoms with Crippen molar-refractivity contribution >= 4 is 11.9 Å². The average Bonchev–Trinajstić information content (AvgIpc) is 3.30. The van der Waals surface area contributed by atoms with Crippen molar-refractivity contribution in [2.45, 2.75) is 0 Å². The van der Waals surface area contributed by atoms with E-state index in [4.69, 9.17) is 4.98 Å². The average molecular weight is 476 g/mol. The van der Waals surface area contributed by atoms with Crippen molar-refractivity contribution in [2.75, 3.05) is 0 Å². The molecule has 1 aromatic heterocycles. The predicted molar refractivity (Wildman–Crippen MR) is 135 cm³/mol. The van der Waals surface area contributed by atoms with Gasteiger partial charge < -0.3 is 15.3 Å². The first-order valence-electron chi connectivity index (χ1n) is 11.1.